The first-order chi connectivity index (χ1) is 17.4. The molecule has 0 amide bonds. The predicted octanol–water partition coefficient (Wildman–Crippen LogP) is 6.07. The Morgan fingerprint density at radius 1 is 1.03 bits per heavy atom. The van der Waals surface area contributed by atoms with Gasteiger partial charge in [-0.25, -0.2) is 0 Å². The molecule has 0 radical (unpaired) electrons. The number of allylic oxidation sites excluding steroid dienone is 4. The Bertz CT molecular complexity index is 1300. The van der Waals surface area contributed by atoms with Gasteiger partial charge >= 0.3 is 0 Å². The quantitative estimate of drug-likeness (QED) is 0.463. The molecule has 0 bridgehead atoms. The SMILES string of the molecule is Cc1noc(C23CCC4C(C(=O)C=C5C6(C)C=C(C#N)C(=O)C(C)C6CCC54C)C2CC(C)(C)CC3)n1. The van der Waals surface area contributed by atoms with E-state index < -0.39 is 5.41 Å². The molecule has 1 heterocycles. The van der Waals surface area contributed by atoms with Gasteiger partial charge in [0.2, 0.25) is 5.89 Å². The minimum Gasteiger partial charge on any atom is -0.339 e. The van der Waals surface area contributed by atoms with E-state index in [2.05, 4.69) is 38.9 Å². The van der Waals surface area contributed by atoms with Gasteiger partial charge in [-0.3, -0.25) is 9.59 Å². The van der Waals surface area contributed by atoms with E-state index in [9.17, 15) is 14.9 Å². The van der Waals surface area contributed by atoms with Crippen LogP contribution in [-0.4, -0.2) is 21.7 Å². The average molecular weight is 502 g/mol. The Morgan fingerprint density at radius 3 is 2.43 bits per heavy atom. The van der Waals surface area contributed by atoms with Gasteiger partial charge in [0.1, 0.15) is 6.07 Å². The third-order valence-corrected chi connectivity index (χ3v) is 11.7. The van der Waals surface area contributed by atoms with Gasteiger partial charge in [-0.05, 0) is 86.5 Å². The molecular weight excluding hydrogens is 462 g/mol. The summed E-state index contributed by atoms with van der Waals surface area (Å²) >= 11 is 0. The molecule has 3 fully saturated rings. The zero-order valence-electron chi connectivity index (χ0n) is 23.1. The van der Waals surface area contributed by atoms with Gasteiger partial charge in [0.15, 0.2) is 17.4 Å². The van der Waals surface area contributed by atoms with Gasteiger partial charge in [0, 0.05) is 17.3 Å². The number of Topliss-reactive ketones (excluding diaryl/α,β-unsaturated/α-hetero) is 1. The number of hydrogen-bond acceptors (Lipinski definition) is 6. The maximum atomic E-state index is 14.3. The monoisotopic (exact) mass is 501 g/mol. The summed E-state index contributed by atoms with van der Waals surface area (Å²) in [7, 11) is 0. The number of hydrogen-bond donors (Lipinski definition) is 0. The van der Waals surface area contributed by atoms with Crippen LogP contribution in [0, 0.1) is 64.1 Å². The van der Waals surface area contributed by atoms with Crippen LogP contribution in [0.15, 0.2) is 27.8 Å². The highest BCUT2D eigenvalue weighted by atomic mass is 16.5. The molecule has 0 N–H and O–H groups in total. The van der Waals surface area contributed by atoms with E-state index in [0.717, 1.165) is 56.4 Å². The van der Waals surface area contributed by atoms with Gasteiger partial charge < -0.3 is 4.52 Å². The van der Waals surface area contributed by atoms with E-state index in [1.807, 2.05) is 26.0 Å². The molecule has 5 aliphatic rings. The molecule has 8 unspecified atom stereocenters. The highest BCUT2D eigenvalue weighted by Crippen LogP contribution is 2.69. The summed E-state index contributed by atoms with van der Waals surface area (Å²) in [5.41, 5.74) is 0.745. The fourth-order valence-electron chi connectivity index (χ4n) is 9.77. The summed E-state index contributed by atoms with van der Waals surface area (Å²) in [5.74, 6) is 1.81. The smallest absolute Gasteiger partial charge is 0.233 e. The summed E-state index contributed by atoms with van der Waals surface area (Å²) in [6, 6.07) is 2.17. The minimum atomic E-state index is -0.448. The standard InChI is InChI=1S/C31H39N3O3/c1-17-20-7-9-29(5)21-8-10-31(27-33-18(2)34-37-27)12-11-28(3,4)15-22(31)25(21)23(35)13-24(29)30(20,6)14-19(16-32)26(17)36/h13-14,17,20-22,25H,7-12,15H2,1-6H3. The molecule has 5 aliphatic carbocycles. The molecule has 6 rings (SSSR count). The first-order valence-electron chi connectivity index (χ1n) is 14.1. The van der Waals surface area contributed by atoms with Crippen molar-refractivity contribution in [2.45, 2.75) is 91.9 Å². The van der Waals surface area contributed by atoms with Gasteiger partial charge in [0.25, 0.3) is 0 Å². The number of aromatic nitrogens is 2. The van der Waals surface area contributed by atoms with E-state index in [0.29, 0.717) is 5.82 Å². The van der Waals surface area contributed by atoms with Crippen LogP contribution >= 0.6 is 0 Å². The van der Waals surface area contributed by atoms with Crippen LogP contribution in [-0.2, 0) is 15.0 Å². The summed E-state index contributed by atoms with van der Waals surface area (Å²) in [4.78, 5) is 31.9. The summed E-state index contributed by atoms with van der Waals surface area (Å²) in [6.45, 7) is 13.0. The molecule has 0 saturated heterocycles. The largest absolute Gasteiger partial charge is 0.339 e. The normalized spacial score (nSPS) is 44.4. The summed E-state index contributed by atoms with van der Waals surface area (Å²) in [5, 5.41) is 13.9. The molecule has 8 atom stereocenters. The lowest BCUT2D eigenvalue weighted by Crippen LogP contribution is -2.60. The second-order valence-electron chi connectivity index (χ2n) is 14.1. The summed E-state index contributed by atoms with van der Waals surface area (Å²) < 4.78 is 5.85. The number of ketones is 2. The highest BCUT2D eigenvalue weighted by Gasteiger charge is 2.65. The number of nitrogens with zero attached hydrogens (tertiary/aromatic N) is 3. The lowest BCUT2D eigenvalue weighted by atomic mass is 9.39. The van der Waals surface area contributed by atoms with Crippen molar-refractivity contribution in [2.75, 3.05) is 0 Å². The van der Waals surface area contributed by atoms with Crippen LogP contribution in [0.25, 0.3) is 0 Å². The van der Waals surface area contributed by atoms with Crippen molar-refractivity contribution >= 4 is 11.6 Å². The molecule has 0 aromatic carbocycles. The first-order valence-corrected chi connectivity index (χ1v) is 14.1. The first kappa shape index (κ1) is 24.8. The summed E-state index contributed by atoms with van der Waals surface area (Å²) in [6.07, 6.45) is 10.7. The maximum absolute atomic E-state index is 14.3. The van der Waals surface area contributed by atoms with Crippen molar-refractivity contribution in [1.82, 2.24) is 10.1 Å². The topological polar surface area (TPSA) is 96.9 Å². The van der Waals surface area contributed by atoms with E-state index in [4.69, 9.17) is 9.51 Å². The molecule has 6 nitrogen and oxygen atoms in total. The van der Waals surface area contributed by atoms with E-state index >= 15 is 0 Å². The van der Waals surface area contributed by atoms with E-state index in [1.54, 1.807) is 0 Å². The highest BCUT2D eigenvalue weighted by molar-refractivity contribution is 6.02. The fraction of sp³-hybridized carbons (Fsp3) is 0.710. The number of fused-ring (bicyclic) bond motifs is 7. The number of nitriles is 1. The Labute approximate surface area is 220 Å². The number of rotatable bonds is 1. The van der Waals surface area contributed by atoms with Crippen molar-refractivity contribution < 1.29 is 14.1 Å². The third-order valence-electron chi connectivity index (χ3n) is 11.7. The second kappa shape index (κ2) is 7.74. The molecule has 6 heteroatoms. The van der Waals surface area contributed by atoms with Crippen LogP contribution in [0.5, 0.6) is 0 Å². The van der Waals surface area contributed by atoms with Crippen molar-refractivity contribution in [2.24, 2.45) is 45.8 Å². The number of carbonyl (C=O) groups is 2. The fourth-order valence-corrected chi connectivity index (χ4v) is 9.77. The predicted molar refractivity (Wildman–Crippen MR) is 138 cm³/mol. The van der Waals surface area contributed by atoms with Crippen LogP contribution < -0.4 is 0 Å². The van der Waals surface area contributed by atoms with Crippen LogP contribution in [0.1, 0.15) is 91.3 Å². The van der Waals surface area contributed by atoms with Crippen molar-refractivity contribution in [3.05, 3.63) is 35.0 Å². The second-order valence-corrected chi connectivity index (χ2v) is 14.1. The third kappa shape index (κ3) is 3.21. The molecule has 1 aromatic rings. The Hall–Kier alpha value is -2.55. The van der Waals surface area contributed by atoms with Crippen LogP contribution in [0.2, 0.25) is 0 Å². The Kier molecular flexibility index (Phi) is 5.18. The van der Waals surface area contributed by atoms with Crippen molar-refractivity contribution in [1.29, 1.82) is 5.26 Å². The van der Waals surface area contributed by atoms with E-state index in [-0.39, 0.29) is 63.0 Å². The van der Waals surface area contributed by atoms with Gasteiger partial charge in [-0.2, -0.15) is 10.2 Å². The Morgan fingerprint density at radius 2 is 1.76 bits per heavy atom. The van der Waals surface area contributed by atoms with Gasteiger partial charge in [0.05, 0.1) is 11.0 Å². The minimum absolute atomic E-state index is 0.0454. The van der Waals surface area contributed by atoms with Gasteiger partial charge in [-0.15, -0.1) is 0 Å². The van der Waals surface area contributed by atoms with Crippen molar-refractivity contribution in [3.8, 4) is 6.07 Å². The van der Waals surface area contributed by atoms with Crippen molar-refractivity contribution in [3.63, 3.8) is 0 Å². The molecular formula is C31H39N3O3. The van der Waals surface area contributed by atoms with Crippen LogP contribution in [0.4, 0.5) is 0 Å². The zero-order chi connectivity index (χ0) is 26.5. The number of aryl methyl sites for hydroxylation is 1. The number of carbonyl (C=O) groups excluding carboxylic acids is 2. The molecule has 1 aromatic heterocycles. The lowest BCUT2D eigenvalue weighted by molar-refractivity contribution is -0.140. The molecule has 3 saturated carbocycles. The lowest BCUT2D eigenvalue weighted by Gasteiger charge is -2.63. The van der Waals surface area contributed by atoms with Gasteiger partial charge in [-0.1, -0.05) is 51.4 Å². The molecule has 37 heavy (non-hydrogen) atoms. The Balaban J connectivity index is 1.49. The van der Waals surface area contributed by atoms with E-state index in [1.165, 1.54) is 0 Å². The zero-order valence-corrected chi connectivity index (χ0v) is 23.1. The molecule has 196 valence electrons. The average Bonchev–Trinajstić information content (AvgIpc) is 3.29. The molecule has 0 spiro atoms. The van der Waals surface area contributed by atoms with Crippen LogP contribution in [0.3, 0.4) is 0 Å². The maximum Gasteiger partial charge on any atom is 0.233 e. The molecule has 0 aliphatic heterocycles.